The number of aryl methyl sites for hydroxylation is 1. The van der Waals surface area contributed by atoms with E-state index in [9.17, 15) is 14.4 Å². The van der Waals surface area contributed by atoms with Gasteiger partial charge >= 0.3 is 11.7 Å². The van der Waals surface area contributed by atoms with E-state index in [2.05, 4.69) is 21.4 Å². The molecule has 1 aliphatic heterocycles. The molecular weight excluding hydrogens is 352 g/mol. The van der Waals surface area contributed by atoms with E-state index in [1.807, 2.05) is 11.8 Å². The monoisotopic (exact) mass is 376 g/mol. The van der Waals surface area contributed by atoms with Gasteiger partial charge in [0.25, 0.3) is 5.56 Å². The summed E-state index contributed by atoms with van der Waals surface area (Å²) in [6.07, 6.45) is 0. The average molecular weight is 376 g/mol. The van der Waals surface area contributed by atoms with Crippen molar-refractivity contribution < 1.29 is 9.53 Å². The summed E-state index contributed by atoms with van der Waals surface area (Å²) in [5.74, 6) is 0.358. The fourth-order valence-electron chi connectivity index (χ4n) is 3.24. The number of hydrogen-bond acceptors (Lipinski definition) is 7. The molecule has 10 heteroatoms. The van der Waals surface area contributed by atoms with E-state index in [0.29, 0.717) is 49.8 Å². The Morgan fingerprint density at radius 2 is 1.89 bits per heavy atom. The van der Waals surface area contributed by atoms with Crippen LogP contribution in [0.5, 0.6) is 0 Å². The van der Waals surface area contributed by atoms with E-state index in [1.165, 1.54) is 11.7 Å². The highest BCUT2D eigenvalue weighted by Gasteiger charge is 2.25. The predicted octanol–water partition coefficient (Wildman–Crippen LogP) is -0.706. The van der Waals surface area contributed by atoms with Gasteiger partial charge in [-0.3, -0.25) is 24.0 Å². The molecule has 1 fully saturated rings. The van der Waals surface area contributed by atoms with Gasteiger partial charge in [0.1, 0.15) is 0 Å². The van der Waals surface area contributed by atoms with Crippen LogP contribution in [-0.4, -0.2) is 69.8 Å². The Morgan fingerprint density at radius 3 is 2.48 bits per heavy atom. The fourth-order valence-corrected chi connectivity index (χ4v) is 3.24. The summed E-state index contributed by atoms with van der Waals surface area (Å²) in [6.45, 7) is 9.11. The molecule has 0 bridgehead atoms. The number of allylic oxidation sites excluding steroid dienone is 1. The number of nitrogens with one attached hydrogen (secondary N) is 1. The van der Waals surface area contributed by atoms with Crippen molar-refractivity contribution in [3.05, 3.63) is 33.0 Å². The van der Waals surface area contributed by atoms with Crippen LogP contribution < -0.4 is 16.1 Å². The minimum absolute atomic E-state index is 0.251. The van der Waals surface area contributed by atoms with Crippen LogP contribution in [0.3, 0.4) is 0 Å². The molecule has 0 spiro atoms. The molecule has 0 amide bonds. The van der Waals surface area contributed by atoms with Gasteiger partial charge < -0.3 is 14.2 Å². The summed E-state index contributed by atoms with van der Waals surface area (Å²) in [7, 11) is 2.96. The molecule has 27 heavy (non-hydrogen) atoms. The van der Waals surface area contributed by atoms with E-state index in [-0.39, 0.29) is 12.5 Å². The molecule has 2 aromatic heterocycles. The van der Waals surface area contributed by atoms with Gasteiger partial charge in [-0.2, -0.15) is 4.98 Å². The van der Waals surface area contributed by atoms with Crippen molar-refractivity contribution in [3.8, 4) is 0 Å². The summed E-state index contributed by atoms with van der Waals surface area (Å²) in [5, 5.41) is 0. The number of anilines is 1. The van der Waals surface area contributed by atoms with Crippen molar-refractivity contribution in [2.24, 2.45) is 7.05 Å². The lowest BCUT2D eigenvalue weighted by atomic mass is 10.3. The topological polar surface area (TPSA) is 105 Å². The summed E-state index contributed by atoms with van der Waals surface area (Å²) < 4.78 is 7.85. The lowest BCUT2D eigenvalue weighted by Gasteiger charge is -2.34. The third-order valence-corrected chi connectivity index (χ3v) is 4.65. The first-order chi connectivity index (χ1) is 12.8. The van der Waals surface area contributed by atoms with Gasteiger partial charge in [-0.05, 0) is 6.92 Å². The number of H-pyrrole nitrogens is 1. The number of nitrogens with zero attached hydrogens (tertiary/aromatic N) is 5. The molecule has 3 rings (SSSR count). The van der Waals surface area contributed by atoms with Crippen LogP contribution >= 0.6 is 0 Å². The van der Waals surface area contributed by atoms with Crippen molar-refractivity contribution in [1.29, 1.82) is 0 Å². The summed E-state index contributed by atoms with van der Waals surface area (Å²) in [6, 6.07) is 0. The molecule has 0 unspecified atom stereocenters. The molecular formula is C17H24N6O4. The quantitative estimate of drug-likeness (QED) is 0.543. The van der Waals surface area contributed by atoms with Gasteiger partial charge in [-0.25, -0.2) is 4.79 Å². The standard InChI is InChI=1S/C17H24N6O4/c1-11(2)9-23-13-14(20(3)17(26)19-15(13)25)18-16(23)22-7-5-21(6-8-22)10-12(24)27-4/h1,5-10H2,2-4H3,(H,19,25,26). The Kier molecular flexibility index (Phi) is 5.17. The Morgan fingerprint density at radius 1 is 1.22 bits per heavy atom. The molecule has 0 radical (unpaired) electrons. The molecule has 146 valence electrons. The smallest absolute Gasteiger partial charge is 0.329 e. The van der Waals surface area contributed by atoms with Crippen molar-refractivity contribution in [3.63, 3.8) is 0 Å². The van der Waals surface area contributed by atoms with Gasteiger partial charge in [0.05, 0.1) is 13.7 Å². The van der Waals surface area contributed by atoms with Crippen LogP contribution in [0.1, 0.15) is 6.92 Å². The van der Waals surface area contributed by atoms with Crippen LogP contribution in [0.15, 0.2) is 21.7 Å². The molecule has 1 saturated heterocycles. The number of rotatable bonds is 5. The average Bonchev–Trinajstić information content (AvgIpc) is 2.99. The number of piperazine rings is 1. The molecule has 2 aromatic rings. The number of imidazole rings is 1. The van der Waals surface area contributed by atoms with Gasteiger partial charge in [0.15, 0.2) is 11.2 Å². The largest absolute Gasteiger partial charge is 0.468 e. The van der Waals surface area contributed by atoms with Gasteiger partial charge in [-0.1, -0.05) is 12.2 Å². The first-order valence-corrected chi connectivity index (χ1v) is 8.70. The van der Waals surface area contributed by atoms with Crippen LogP contribution in [-0.2, 0) is 23.1 Å². The normalized spacial score (nSPS) is 15.3. The van der Waals surface area contributed by atoms with E-state index in [1.54, 1.807) is 11.6 Å². The van der Waals surface area contributed by atoms with Gasteiger partial charge in [0, 0.05) is 39.8 Å². The third-order valence-electron chi connectivity index (χ3n) is 4.65. The first-order valence-electron chi connectivity index (χ1n) is 8.70. The lowest BCUT2D eigenvalue weighted by Crippen LogP contribution is -2.48. The highest BCUT2D eigenvalue weighted by Crippen LogP contribution is 2.22. The summed E-state index contributed by atoms with van der Waals surface area (Å²) in [4.78, 5) is 46.8. The zero-order valence-electron chi connectivity index (χ0n) is 15.8. The number of aromatic nitrogens is 4. The van der Waals surface area contributed by atoms with Crippen molar-refractivity contribution >= 4 is 23.1 Å². The minimum Gasteiger partial charge on any atom is -0.468 e. The second kappa shape index (κ2) is 7.39. The Bertz CT molecular complexity index is 993. The predicted molar refractivity (Wildman–Crippen MR) is 101 cm³/mol. The van der Waals surface area contributed by atoms with E-state index in [4.69, 9.17) is 4.74 Å². The highest BCUT2D eigenvalue weighted by atomic mass is 16.5. The van der Waals surface area contributed by atoms with E-state index >= 15 is 0 Å². The maximum absolute atomic E-state index is 12.4. The van der Waals surface area contributed by atoms with E-state index < -0.39 is 11.2 Å². The van der Waals surface area contributed by atoms with Crippen LogP contribution in [0.2, 0.25) is 0 Å². The van der Waals surface area contributed by atoms with Gasteiger partial charge in [-0.15, -0.1) is 0 Å². The number of carbonyl (C=O) groups excluding carboxylic acids is 1. The zero-order valence-corrected chi connectivity index (χ0v) is 15.8. The van der Waals surface area contributed by atoms with Crippen LogP contribution in [0, 0.1) is 0 Å². The molecule has 0 saturated carbocycles. The molecule has 1 aliphatic rings. The Labute approximate surface area is 155 Å². The van der Waals surface area contributed by atoms with Crippen LogP contribution in [0.4, 0.5) is 5.95 Å². The number of methoxy groups -OCH3 is 1. The molecule has 0 aliphatic carbocycles. The van der Waals surface area contributed by atoms with Crippen molar-refractivity contribution in [1.82, 2.24) is 24.0 Å². The number of carbonyl (C=O) groups is 1. The third kappa shape index (κ3) is 3.65. The maximum atomic E-state index is 12.4. The Balaban J connectivity index is 1.97. The molecule has 0 aromatic carbocycles. The Hall–Kier alpha value is -2.88. The number of aromatic amines is 1. The van der Waals surface area contributed by atoms with Crippen molar-refractivity contribution in [2.45, 2.75) is 13.5 Å². The molecule has 0 atom stereocenters. The number of fused-ring (bicyclic) bond motifs is 1. The lowest BCUT2D eigenvalue weighted by molar-refractivity contribution is -0.142. The van der Waals surface area contributed by atoms with Crippen molar-refractivity contribution in [2.75, 3.05) is 44.7 Å². The first kappa shape index (κ1) is 18.9. The number of esters is 1. The van der Waals surface area contributed by atoms with Crippen LogP contribution in [0.25, 0.3) is 11.2 Å². The second-order valence-corrected chi connectivity index (χ2v) is 6.78. The summed E-state index contributed by atoms with van der Waals surface area (Å²) >= 11 is 0. The molecule has 1 N–H and O–H groups in total. The SMILES string of the molecule is C=C(C)Cn1c(N2CCN(CC(=O)OC)CC2)nc2c1c(=O)[nH]c(=O)n2C. The number of hydrogen-bond donors (Lipinski definition) is 1. The number of ether oxygens (including phenoxy) is 1. The zero-order chi connectivity index (χ0) is 19.7. The summed E-state index contributed by atoms with van der Waals surface area (Å²) in [5.41, 5.74) is 0.608. The molecule has 3 heterocycles. The second-order valence-electron chi connectivity index (χ2n) is 6.78. The molecule has 10 nitrogen and oxygen atoms in total. The van der Waals surface area contributed by atoms with Gasteiger partial charge in [0.2, 0.25) is 5.95 Å². The van der Waals surface area contributed by atoms with E-state index in [0.717, 1.165) is 5.57 Å². The highest BCUT2D eigenvalue weighted by molar-refractivity contribution is 5.74. The minimum atomic E-state index is -0.498. The fraction of sp³-hybridized carbons (Fsp3) is 0.529. The maximum Gasteiger partial charge on any atom is 0.329 e.